The fourth-order valence-electron chi connectivity index (χ4n) is 15.2. The summed E-state index contributed by atoms with van der Waals surface area (Å²) in [6, 6.07) is 8.30. The van der Waals surface area contributed by atoms with Crippen molar-refractivity contribution in [1.82, 2.24) is 4.90 Å². The highest BCUT2D eigenvalue weighted by atomic mass is 16.6. The molecular formula is C51H81NO11. The molecule has 3 N–H and O–H groups in total. The number of piperidine rings is 1. The predicted octanol–water partition coefficient (Wildman–Crippen LogP) is 7.28. The smallest absolute Gasteiger partial charge is 0.338 e. The van der Waals surface area contributed by atoms with Crippen LogP contribution in [0.1, 0.15) is 146 Å². The normalized spacial score (nSPS) is 39.7. The molecule has 63 heavy (non-hydrogen) atoms. The number of carbonyl (C=O) groups is 2. The summed E-state index contributed by atoms with van der Waals surface area (Å²) in [5, 5.41) is 38.2. The van der Waals surface area contributed by atoms with Gasteiger partial charge < -0.3 is 48.6 Å². The molecule has 15 atom stereocenters. The molecule has 7 rings (SSSR count). The van der Waals surface area contributed by atoms with E-state index in [0.717, 1.165) is 19.3 Å². The molecule has 5 saturated carbocycles. The monoisotopic (exact) mass is 884 g/mol. The maximum Gasteiger partial charge on any atom is 0.338 e. The van der Waals surface area contributed by atoms with Crippen LogP contribution in [-0.2, 0) is 33.2 Å². The minimum atomic E-state index is -1.84. The van der Waals surface area contributed by atoms with Gasteiger partial charge in [0.1, 0.15) is 23.9 Å². The molecule has 6 aliphatic rings. The van der Waals surface area contributed by atoms with Crippen LogP contribution in [0.25, 0.3) is 0 Å². The zero-order chi connectivity index (χ0) is 45.0. The first-order valence-corrected chi connectivity index (χ1v) is 24.8. The van der Waals surface area contributed by atoms with Crippen molar-refractivity contribution in [2.75, 3.05) is 48.6 Å². The number of ether oxygens (including phenoxy) is 6. The summed E-state index contributed by atoms with van der Waals surface area (Å²) in [4.78, 5) is 30.9. The summed E-state index contributed by atoms with van der Waals surface area (Å²) in [7, 11) is 8.41. The Kier molecular flexibility index (Phi) is 16.1. The van der Waals surface area contributed by atoms with Crippen LogP contribution < -0.4 is 0 Å². The highest BCUT2D eigenvalue weighted by molar-refractivity contribution is 5.89. The summed E-state index contributed by atoms with van der Waals surface area (Å²) in [5.41, 5.74) is -4.83. The molecule has 0 radical (unpaired) electrons. The van der Waals surface area contributed by atoms with Gasteiger partial charge in [-0.25, -0.2) is 4.79 Å². The lowest BCUT2D eigenvalue weighted by molar-refractivity contribution is -0.321. The van der Waals surface area contributed by atoms with Gasteiger partial charge in [0.2, 0.25) is 0 Å². The quantitative estimate of drug-likeness (QED) is 0.0633. The van der Waals surface area contributed by atoms with Crippen LogP contribution in [0, 0.1) is 34.5 Å². The van der Waals surface area contributed by atoms with E-state index >= 15 is 0 Å². The Hall–Kier alpha value is -2.16. The van der Waals surface area contributed by atoms with Crippen molar-refractivity contribution >= 4 is 11.9 Å². The lowest BCUT2D eigenvalue weighted by Crippen LogP contribution is -2.81. The van der Waals surface area contributed by atoms with Gasteiger partial charge in [-0.15, -0.1) is 0 Å². The number of hydrogen-bond donors (Lipinski definition) is 3. The number of unbranched alkanes of at least 4 members (excludes halogenated alkanes) is 16. The maximum atomic E-state index is 14.5. The minimum absolute atomic E-state index is 0.0848. The van der Waals surface area contributed by atoms with E-state index < -0.39 is 88.3 Å². The van der Waals surface area contributed by atoms with Gasteiger partial charge in [0, 0.05) is 82.5 Å². The second-order valence-corrected chi connectivity index (χ2v) is 20.6. The third kappa shape index (κ3) is 8.24. The van der Waals surface area contributed by atoms with E-state index in [4.69, 9.17) is 28.4 Å². The Bertz CT molecular complexity index is 1650. The van der Waals surface area contributed by atoms with Gasteiger partial charge in [-0.05, 0) is 37.9 Å². The molecule has 7 bridgehead atoms. The lowest BCUT2D eigenvalue weighted by atomic mass is 9.42. The molecule has 1 aromatic carbocycles. The third-order valence-electron chi connectivity index (χ3n) is 17.3. The minimum Gasteiger partial charge on any atom is -0.455 e. The van der Waals surface area contributed by atoms with Gasteiger partial charge in [-0.1, -0.05) is 128 Å². The Morgan fingerprint density at radius 3 is 1.89 bits per heavy atom. The molecule has 356 valence electrons. The zero-order valence-electron chi connectivity index (χ0n) is 39.3. The Morgan fingerprint density at radius 2 is 1.35 bits per heavy atom. The molecule has 1 spiro atoms. The first-order chi connectivity index (χ1) is 30.5. The molecule has 1 aromatic rings. The van der Waals surface area contributed by atoms with Crippen molar-refractivity contribution in [2.45, 2.75) is 189 Å². The predicted molar refractivity (Wildman–Crippen MR) is 239 cm³/mol. The number of esters is 2. The first kappa shape index (κ1) is 48.8. The van der Waals surface area contributed by atoms with Crippen LogP contribution in [0.15, 0.2) is 30.3 Å². The molecule has 1 heterocycles. The second kappa shape index (κ2) is 20.8. The SMILES string of the molecule is CCCCCCCCCCCCCCCCCCCC(=O)O[C@]12[C@H]3[C@@H](OC(=O)c4ccccc4)[C@](O)(C[C@H]3[C@@]34C5[C@@H]1[C@H](OC)[C@@H]3[C@](COC)(CN5C)[C@H](O)C[C@@H]4OC)[C@@H](OC)[C@@H]2O. The second-order valence-electron chi connectivity index (χ2n) is 20.6. The van der Waals surface area contributed by atoms with Crippen LogP contribution in [0.4, 0.5) is 0 Å². The molecular weight excluding hydrogens is 803 g/mol. The number of aliphatic hydroxyl groups is 3. The number of hydrogen-bond acceptors (Lipinski definition) is 12. The molecule has 1 saturated heterocycles. The van der Waals surface area contributed by atoms with Gasteiger partial charge in [-0.2, -0.15) is 0 Å². The number of likely N-dealkylation sites (tertiary alicyclic amines) is 1. The van der Waals surface area contributed by atoms with Gasteiger partial charge in [0.15, 0.2) is 5.60 Å². The van der Waals surface area contributed by atoms with Gasteiger partial charge in [0.25, 0.3) is 0 Å². The topological polar surface area (TPSA) is 153 Å². The van der Waals surface area contributed by atoms with Gasteiger partial charge in [-0.3, -0.25) is 4.79 Å². The van der Waals surface area contributed by atoms with E-state index in [0.29, 0.717) is 24.9 Å². The summed E-state index contributed by atoms with van der Waals surface area (Å²) >= 11 is 0. The van der Waals surface area contributed by atoms with Crippen LogP contribution in [0.2, 0.25) is 0 Å². The highest BCUT2D eigenvalue weighted by Gasteiger charge is 2.92. The van der Waals surface area contributed by atoms with Crippen molar-refractivity contribution in [1.29, 1.82) is 0 Å². The summed E-state index contributed by atoms with van der Waals surface area (Å²) < 4.78 is 38.6. The van der Waals surface area contributed by atoms with Crippen molar-refractivity contribution in [2.24, 2.45) is 34.5 Å². The van der Waals surface area contributed by atoms with E-state index in [1.807, 2.05) is 13.1 Å². The van der Waals surface area contributed by atoms with Crippen LogP contribution in [0.3, 0.4) is 0 Å². The molecule has 0 amide bonds. The van der Waals surface area contributed by atoms with Crippen LogP contribution in [-0.4, -0.2) is 135 Å². The molecule has 6 fully saturated rings. The number of nitrogens with zero attached hydrogens (tertiary/aromatic N) is 1. The van der Waals surface area contributed by atoms with Gasteiger partial charge in [0.05, 0.1) is 30.5 Å². The molecule has 12 nitrogen and oxygen atoms in total. The first-order valence-electron chi connectivity index (χ1n) is 24.8. The lowest BCUT2D eigenvalue weighted by Gasteiger charge is -2.70. The molecule has 5 aliphatic carbocycles. The number of aliphatic hydroxyl groups excluding tert-OH is 2. The maximum absolute atomic E-state index is 14.5. The molecule has 0 aromatic heterocycles. The highest BCUT2D eigenvalue weighted by Crippen LogP contribution is 2.80. The number of benzene rings is 1. The van der Waals surface area contributed by atoms with Crippen molar-refractivity contribution in [3.05, 3.63) is 35.9 Å². The van der Waals surface area contributed by atoms with Crippen LogP contribution >= 0.6 is 0 Å². The van der Waals surface area contributed by atoms with E-state index in [9.17, 15) is 24.9 Å². The Labute approximate surface area is 377 Å². The largest absolute Gasteiger partial charge is 0.455 e. The third-order valence-corrected chi connectivity index (χ3v) is 17.3. The fraction of sp³-hybridized carbons (Fsp3) is 0.843. The summed E-state index contributed by atoms with van der Waals surface area (Å²) in [6.07, 6.45) is 15.7. The number of fused-ring (bicyclic) bond motifs is 2. The number of rotatable bonds is 26. The molecule has 12 heteroatoms. The summed E-state index contributed by atoms with van der Waals surface area (Å²) in [5.74, 6) is -3.48. The summed E-state index contributed by atoms with van der Waals surface area (Å²) in [6.45, 7) is 2.99. The van der Waals surface area contributed by atoms with E-state index in [-0.39, 0.29) is 31.4 Å². The fourth-order valence-corrected chi connectivity index (χ4v) is 15.2. The van der Waals surface area contributed by atoms with E-state index in [2.05, 4.69) is 11.8 Å². The average Bonchev–Trinajstić information content (AvgIpc) is 3.67. The average molecular weight is 884 g/mol. The zero-order valence-corrected chi connectivity index (χ0v) is 39.3. The van der Waals surface area contributed by atoms with E-state index in [1.165, 1.54) is 90.6 Å². The van der Waals surface area contributed by atoms with Crippen molar-refractivity contribution < 1.29 is 53.3 Å². The standard InChI is InChI=1S/C51H81NO11/c1-7-8-9-10-11-12-13-14-15-16-17-18-19-20-21-22-26-29-38(54)63-51-39-35(31-49(57,46(61-6)44(51)55)45(39)62-47(56)34-27-24-23-25-28-34)50-37(59-4)30-36(53)48(33-58-3)32-52(2)43(50)40(51)41(60-5)42(48)50/h23-25,27-28,35-37,39-46,53,55,57H,7-22,26,29-33H2,1-6H3/t35-,36-,37+,39-,40+,41+,42-,43?,44+,45-,46+,48+,49-,50+,51-/m1/s1. The number of carbonyl (C=O) groups excluding carboxylic acids is 2. The Balaban J connectivity index is 1.10. The van der Waals surface area contributed by atoms with E-state index in [1.54, 1.807) is 45.6 Å². The van der Waals surface area contributed by atoms with Crippen molar-refractivity contribution in [3.8, 4) is 0 Å². The van der Waals surface area contributed by atoms with Crippen LogP contribution in [0.5, 0.6) is 0 Å². The number of methoxy groups -OCH3 is 4. The van der Waals surface area contributed by atoms with Crippen molar-refractivity contribution in [3.63, 3.8) is 0 Å². The van der Waals surface area contributed by atoms with Gasteiger partial charge >= 0.3 is 11.9 Å². The Morgan fingerprint density at radius 1 is 0.762 bits per heavy atom. The molecule has 1 unspecified atom stereocenters. The molecule has 1 aliphatic heterocycles.